The van der Waals surface area contributed by atoms with E-state index in [1.54, 1.807) is 11.3 Å². The van der Waals surface area contributed by atoms with E-state index in [1.165, 1.54) is 0 Å². The quantitative estimate of drug-likeness (QED) is 0.870. The molecule has 5 heteroatoms. The van der Waals surface area contributed by atoms with Crippen LogP contribution in [0.1, 0.15) is 25.6 Å². The van der Waals surface area contributed by atoms with Gasteiger partial charge in [-0.3, -0.25) is 0 Å². The largest absolute Gasteiger partial charge is 0.373 e. The predicted molar refractivity (Wildman–Crippen MR) is 73.3 cm³/mol. The summed E-state index contributed by atoms with van der Waals surface area (Å²) >= 11 is 1.66. The second-order valence-electron chi connectivity index (χ2n) is 4.04. The molecule has 0 radical (unpaired) electrons. The van der Waals surface area contributed by atoms with E-state index in [2.05, 4.69) is 39.8 Å². The summed E-state index contributed by atoms with van der Waals surface area (Å²) in [6.07, 6.45) is 0. The average Bonchev–Trinajstić information content (AvgIpc) is 2.81. The van der Waals surface area contributed by atoms with Crippen LogP contribution in [0.2, 0.25) is 0 Å². The van der Waals surface area contributed by atoms with Crippen LogP contribution in [0, 0.1) is 0 Å². The maximum absolute atomic E-state index is 4.50. The number of hydrogen-bond donors (Lipinski definition) is 2. The number of aromatic nitrogens is 2. The Kier molecular flexibility index (Phi) is 3.58. The Morgan fingerprint density at radius 1 is 1.24 bits per heavy atom. The van der Waals surface area contributed by atoms with Crippen molar-refractivity contribution in [3.05, 3.63) is 28.7 Å². The van der Waals surface area contributed by atoms with Gasteiger partial charge in [-0.05, 0) is 11.4 Å². The van der Waals surface area contributed by atoms with Gasteiger partial charge in [0, 0.05) is 24.4 Å². The van der Waals surface area contributed by atoms with Gasteiger partial charge >= 0.3 is 0 Å². The van der Waals surface area contributed by atoms with Crippen LogP contribution in [0.25, 0.3) is 0 Å². The van der Waals surface area contributed by atoms with Crippen molar-refractivity contribution in [2.24, 2.45) is 0 Å². The molecule has 90 valence electrons. The summed E-state index contributed by atoms with van der Waals surface area (Å²) in [6, 6.07) is 3.93. The molecule has 2 N–H and O–H groups in total. The van der Waals surface area contributed by atoms with Crippen LogP contribution >= 0.6 is 11.3 Å². The van der Waals surface area contributed by atoms with Crippen molar-refractivity contribution >= 4 is 28.7 Å². The zero-order chi connectivity index (χ0) is 12.3. The molecule has 0 aliphatic carbocycles. The highest BCUT2D eigenvalue weighted by Crippen LogP contribution is 2.21. The summed E-state index contributed by atoms with van der Waals surface area (Å²) in [5, 5.41) is 10.4. The Morgan fingerprint density at radius 3 is 2.59 bits per heavy atom. The second kappa shape index (κ2) is 5.14. The first-order valence-corrected chi connectivity index (χ1v) is 6.49. The van der Waals surface area contributed by atoms with E-state index >= 15 is 0 Å². The molecule has 0 fully saturated rings. The highest BCUT2D eigenvalue weighted by molar-refractivity contribution is 7.08. The third kappa shape index (κ3) is 2.94. The molecule has 2 aromatic rings. The molecule has 0 amide bonds. The van der Waals surface area contributed by atoms with Crippen molar-refractivity contribution in [3.63, 3.8) is 0 Å². The highest BCUT2D eigenvalue weighted by atomic mass is 32.1. The van der Waals surface area contributed by atoms with Gasteiger partial charge in [0.2, 0.25) is 0 Å². The Hall–Kier alpha value is -1.62. The van der Waals surface area contributed by atoms with Gasteiger partial charge in [-0.25, -0.2) is 9.97 Å². The lowest BCUT2D eigenvalue weighted by atomic mass is 10.2. The van der Waals surface area contributed by atoms with Crippen LogP contribution in [0.5, 0.6) is 0 Å². The highest BCUT2D eigenvalue weighted by Gasteiger charge is 2.07. The lowest BCUT2D eigenvalue weighted by molar-refractivity contribution is 0.778. The molecule has 2 rings (SSSR count). The fraction of sp³-hybridized carbons (Fsp3) is 0.333. The summed E-state index contributed by atoms with van der Waals surface area (Å²) < 4.78 is 0. The molecule has 4 nitrogen and oxygen atoms in total. The number of rotatable bonds is 4. The molecule has 0 unspecified atom stereocenters. The third-order valence-corrected chi connectivity index (χ3v) is 2.99. The van der Waals surface area contributed by atoms with Gasteiger partial charge in [-0.1, -0.05) is 13.8 Å². The summed E-state index contributed by atoms with van der Waals surface area (Å²) in [5.74, 6) is 2.81. The van der Waals surface area contributed by atoms with Crippen LogP contribution in [0.15, 0.2) is 22.9 Å². The molecule has 0 atom stereocenters. The van der Waals surface area contributed by atoms with E-state index < -0.39 is 0 Å². The molecular weight excluding hydrogens is 232 g/mol. The van der Waals surface area contributed by atoms with Crippen molar-refractivity contribution in [2.75, 3.05) is 17.7 Å². The van der Waals surface area contributed by atoms with Crippen LogP contribution < -0.4 is 10.6 Å². The molecular formula is C12H16N4S. The van der Waals surface area contributed by atoms with E-state index in [-0.39, 0.29) is 0 Å². The summed E-state index contributed by atoms with van der Waals surface area (Å²) in [5.41, 5.74) is 1.06. The van der Waals surface area contributed by atoms with Gasteiger partial charge in [0.05, 0.1) is 5.69 Å². The van der Waals surface area contributed by atoms with Crippen LogP contribution in [-0.2, 0) is 0 Å². The third-order valence-electron chi connectivity index (χ3n) is 2.31. The zero-order valence-corrected chi connectivity index (χ0v) is 11.0. The molecule has 2 heterocycles. The van der Waals surface area contributed by atoms with Gasteiger partial charge in [-0.15, -0.1) is 0 Å². The molecule has 0 aromatic carbocycles. The monoisotopic (exact) mass is 248 g/mol. The van der Waals surface area contributed by atoms with Crippen molar-refractivity contribution in [1.82, 2.24) is 9.97 Å². The zero-order valence-electron chi connectivity index (χ0n) is 10.2. The predicted octanol–water partition coefficient (Wildman–Crippen LogP) is 3.45. The Bertz CT molecular complexity index is 479. The molecule has 2 aromatic heterocycles. The molecule has 0 saturated heterocycles. The van der Waals surface area contributed by atoms with Crippen molar-refractivity contribution in [1.29, 1.82) is 0 Å². The van der Waals surface area contributed by atoms with Crippen LogP contribution in [-0.4, -0.2) is 17.0 Å². The Balaban J connectivity index is 2.29. The van der Waals surface area contributed by atoms with Crippen molar-refractivity contribution < 1.29 is 0 Å². The number of thiophene rings is 1. The minimum Gasteiger partial charge on any atom is -0.373 e. The van der Waals surface area contributed by atoms with E-state index in [0.29, 0.717) is 5.92 Å². The first-order valence-electron chi connectivity index (χ1n) is 5.55. The minimum atomic E-state index is 0.311. The first-order chi connectivity index (χ1) is 8.19. The van der Waals surface area contributed by atoms with E-state index in [0.717, 1.165) is 23.1 Å². The van der Waals surface area contributed by atoms with E-state index in [1.807, 2.05) is 24.6 Å². The topological polar surface area (TPSA) is 49.8 Å². The van der Waals surface area contributed by atoms with Crippen LogP contribution in [0.4, 0.5) is 17.3 Å². The molecule has 0 bridgehead atoms. The van der Waals surface area contributed by atoms with Gasteiger partial charge in [0.15, 0.2) is 0 Å². The number of anilines is 3. The molecule has 0 saturated carbocycles. The standard InChI is InChI=1S/C12H16N4S/c1-8(2)12-15-10(13-3)6-11(16-12)14-9-4-5-17-7-9/h4-8H,1-3H3,(H2,13,14,15,16). The molecule has 0 aliphatic rings. The van der Waals surface area contributed by atoms with Crippen molar-refractivity contribution in [2.45, 2.75) is 19.8 Å². The minimum absolute atomic E-state index is 0.311. The molecule has 0 aliphatic heterocycles. The Labute approximate surface area is 105 Å². The first kappa shape index (κ1) is 11.9. The Morgan fingerprint density at radius 2 is 2.00 bits per heavy atom. The van der Waals surface area contributed by atoms with Gasteiger partial charge in [0.1, 0.15) is 17.5 Å². The number of nitrogens with zero attached hydrogens (tertiary/aromatic N) is 2. The normalized spacial score (nSPS) is 10.6. The lowest BCUT2D eigenvalue weighted by Crippen LogP contribution is -2.04. The van der Waals surface area contributed by atoms with Gasteiger partial charge in [0.25, 0.3) is 0 Å². The van der Waals surface area contributed by atoms with Gasteiger partial charge in [-0.2, -0.15) is 11.3 Å². The number of hydrogen-bond acceptors (Lipinski definition) is 5. The SMILES string of the molecule is CNc1cc(Nc2ccsc2)nc(C(C)C)n1. The summed E-state index contributed by atoms with van der Waals surface area (Å²) in [4.78, 5) is 8.92. The lowest BCUT2D eigenvalue weighted by Gasteiger charge is -2.10. The van der Waals surface area contributed by atoms with E-state index in [9.17, 15) is 0 Å². The molecule has 17 heavy (non-hydrogen) atoms. The van der Waals surface area contributed by atoms with Gasteiger partial charge < -0.3 is 10.6 Å². The summed E-state index contributed by atoms with van der Waals surface area (Å²) in [6.45, 7) is 4.17. The smallest absolute Gasteiger partial charge is 0.136 e. The maximum atomic E-state index is 4.50. The van der Waals surface area contributed by atoms with E-state index in [4.69, 9.17) is 0 Å². The fourth-order valence-electron chi connectivity index (χ4n) is 1.40. The maximum Gasteiger partial charge on any atom is 0.136 e. The van der Waals surface area contributed by atoms with Crippen LogP contribution in [0.3, 0.4) is 0 Å². The fourth-order valence-corrected chi connectivity index (χ4v) is 1.99. The number of nitrogens with one attached hydrogen (secondary N) is 2. The molecule has 0 spiro atoms. The summed E-state index contributed by atoms with van der Waals surface area (Å²) in [7, 11) is 1.86. The average molecular weight is 248 g/mol. The second-order valence-corrected chi connectivity index (χ2v) is 4.82. The van der Waals surface area contributed by atoms with Crippen molar-refractivity contribution in [3.8, 4) is 0 Å².